The Hall–Kier alpha value is -0.570. The first-order valence-corrected chi connectivity index (χ1v) is 5.80. The molecule has 3 heteroatoms. The fraction of sp³-hybridized carbons (Fsp3) is 0.545. The third-order valence-electron chi connectivity index (χ3n) is 2.36. The van der Waals surface area contributed by atoms with Crippen molar-refractivity contribution in [3.05, 3.63) is 22.9 Å². The van der Waals surface area contributed by atoms with Crippen molar-refractivity contribution in [3.8, 4) is 0 Å². The number of pyridine rings is 1. The van der Waals surface area contributed by atoms with E-state index in [4.69, 9.17) is 0 Å². The van der Waals surface area contributed by atoms with Crippen LogP contribution in [0.5, 0.6) is 0 Å². The molecule has 14 heavy (non-hydrogen) atoms. The predicted octanol–water partition coefficient (Wildman–Crippen LogP) is 3.69. The van der Waals surface area contributed by atoms with Gasteiger partial charge in [0.1, 0.15) is 0 Å². The van der Waals surface area contributed by atoms with Gasteiger partial charge in [-0.15, -0.1) is 0 Å². The first kappa shape index (κ1) is 11.5. The molecule has 1 aromatic rings. The summed E-state index contributed by atoms with van der Waals surface area (Å²) in [6, 6.07) is 2.52. The molecule has 1 heterocycles. The van der Waals surface area contributed by atoms with Gasteiger partial charge < -0.3 is 5.32 Å². The number of anilines is 1. The van der Waals surface area contributed by atoms with E-state index in [0.717, 1.165) is 16.6 Å². The van der Waals surface area contributed by atoms with Gasteiger partial charge in [0, 0.05) is 18.4 Å². The van der Waals surface area contributed by atoms with E-state index in [1.54, 1.807) is 6.20 Å². The molecule has 0 fully saturated rings. The van der Waals surface area contributed by atoms with E-state index in [9.17, 15) is 0 Å². The van der Waals surface area contributed by atoms with Gasteiger partial charge in [-0.05, 0) is 34.3 Å². The molecule has 1 atom stereocenters. The molecule has 0 amide bonds. The zero-order chi connectivity index (χ0) is 10.6. The maximum Gasteiger partial charge on any atom is 0.0590 e. The second-order valence-electron chi connectivity index (χ2n) is 3.76. The summed E-state index contributed by atoms with van der Waals surface area (Å²) in [7, 11) is 0. The molecule has 0 bridgehead atoms. The van der Waals surface area contributed by atoms with E-state index < -0.39 is 0 Å². The molecule has 0 aliphatic carbocycles. The quantitative estimate of drug-likeness (QED) is 0.889. The van der Waals surface area contributed by atoms with Crippen LogP contribution in [0, 0.1) is 5.92 Å². The van der Waals surface area contributed by atoms with Crippen molar-refractivity contribution < 1.29 is 0 Å². The van der Waals surface area contributed by atoms with Gasteiger partial charge >= 0.3 is 0 Å². The molecule has 78 valence electrons. The Morgan fingerprint density at radius 2 is 2.21 bits per heavy atom. The van der Waals surface area contributed by atoms with Crippen LogP contribution in [0.1, 0.15) is 27.2 Å². The van der Waals surface area contributed by atoms with Crippen molar-refractivity contribution in [2.75, 3.05) is 5.32 Å². The Morgan fingerprint density at radius 3 is 2.71 bits per heavy atom. The van der Waals surface area contributed by atoms with Gasteiger partial charge in [0.15, 0.2) is 0 Å². The summed E-state index contributed by atoms with van der Waals surface area (Å²) in [6.07, 6.45) is 4.75. The van der Waals surface area contributed by atoms with Crippen LogP contribution in [0.25, 0.3) is 0 Å². The number of hydrogen-bond acceptors (Lipinski definition) is 2. The van der Waals surface area contributed by atoms with Gasteiger partial charge in [0.05, 0.1) is 10.2 Å². The molecule has 0 aromatic carbocycles. The first-order valence-electron chi connectivity index (χ1n) is 5.01. The molecule has 0 spiro atoms. The lowest BCUT2D eigenvalue weighted by atomic mass is 10.0. The standard InChI is InChI=1S/C11H17BrN2/c1-4-10(8(2)3)14-11-5-6-13-7-9(11)12/h5-8,10H,4H2,1-3H3,(H,13,14). The van der Waals surface area contributed by atoms with Gasteiger partial charge in [-0.3, -0.25) is 4.98 Å². The Balaban J connectivity index is 2.72. The highest BCUT2D eigenvalue weighted by molar-refractivity contribution is 9.10. The summed E-state index contributed by atoms with van der Waals surface area (Å²) in [5, 5.41) is 3.51. The van der Waals surface area contributed by atoms with E-state index in [0.29, 0.717) is 12.0 Å². The Kier molecular flexibility index (Phi) is 4.39. The summed E-state index contributed by atoms with van der Waals surface area (Å²) in [5.74, 6) is 0.639. The topological polar surface area (TPSA) is 24.9 Å². The molecule has 0 saturated heterocycles. The lowest BCUT2D eigenvalue weighted by molar-refractivity contribution is 0.511. The second-order valence-corrected chi connectivity index (χ2v) is 4.61. The molecular formula is C11H17BrN2. The van der Waals surface area contributed by atoms with E-state index in [1.807, 2.05) is 12.3 Å². The van der Waals surface area contributed by atoms with Gasteiger partial charge in [0.2, 0.25) is 0 Å². The van der Waals surface area contributed by atoms with Crippen LogP contribution in [-0.2, 0) is 0 Å². The van der Waals surface area contributed by atoms with Gasteiger partial charge in [-0.1, -0.05) is 20.8 Å². The van der Waals surface area contributed by atoms with Crippen molar-refractivity contribution >= 4 is 21.6 Å². The zero-order valence-electron chi connectivity index (χ0n) is 8.92. The van der Waals surface area contributed by atoms with Crippen molar-refractivity contribution in [1.29, 1.82) is 0 Å². The molecule has 0 aliphatic rings. The maximum absolute atomic E-state index is 4.04. The highest BCUT2D eigenvalue weighted by Gasteiger charge is 2.11. The number of nitrogens with zero attached hydrogens (tertiary/aromatic N) is 1. The molecule has 1 rings (SSSR count). The third-order valence-corrected chi connectivity index (χ3v) is 2.99. The average Bonchev–Trinajstić information content (AvgIpc) is 2.16. The third kappa shape index (κ3) is 2.98. The number of rotatable bonds is 4. The van der Waals surface area contributed by atoms with E-state index in [-0.39, 0.29) is 0 Å². The summed E-state index contributed by atoms with van der Waals surface area (Å²) in [4.78, 5) is 4.04. The van der Waals surface area contributed by atoms with Crippen LogP contribution in [-0.4, -0.2) is 11.0 Å². The molecular weight excluding hydrogens is 240 g/mol. The highest BCUT2D eigenvalue weighted by Crippen LogP contribution is 2.23. The first-order chi connectivity index (χ1) is 6.65. The smallest absolute Gasteiger partial charge is 0.0590 e. The molecule has 1 N–H and O–H groups in total. The molecule has 2 nitrogen and oxygen atoms in total. The van der Waals surface area contributed by atoms with Crippen molar-refractivity contribution in [3.63, 3.8) is 0 Å². The molecule has 0 radical (unpaired) electrons. The van der Waals surface area contributed by atoms with E-state index in [2.05, 4.69) is 47.0 Å². The predicted molar refractivity (Wildman–Crippen MR) is 64.5 cm³/mol. The van der Waals surface area contributed by atoms with Crippen LogP contribution in [0.15, 0.2) is 22.9 Å². The largest absolute Gasteiger partial charge is 0.381 e. The Labute approximate surface area is 94.3 Å². The summed E-state index contributed by atoms with van der Waals surface area (Å²) >= 11 is 3.48. The number of hydrogen-bond donors (Lipinski definition) is 1. The zero-order valence-corrected chi connectivity index (χ0v) is 10.5. The minimum absolute atomic E-state index is 0.522. The van der Waals surface area contributed by atoms with Crippen LogP contribution in [0.4, 0.5) is 5.69 Å². The highest BCUT2D eigenvalue weighted by atomic mass is 79.9. The normalized spacial score (nSPS) is 12.9. The van der Waals surface area contributed by atoms with Crippen molar-refractivity contribution in [1.82, 2.24) is 4.98 Å². The second kappa shape index (κ2) is 5.35. The minimum Gasteiger partial charge on any atom is -0.381 e. The van der Waals surface area contributed by atoms with Gasteiger partial charge in [-0.2, -0.15) is 0 Å². The number of halogens is 1. The molecule has 1 aromatic heterocycles. The molecule has 1 unspecified atom stereocenters. The Bertz CT molecular complexity index is 286. The van der Waals surface area contributed by atoms with Crippen LogP contribution >= 0.6 is 15.9 Å². The maximum atomic E-state index is 4.04. The number of nitrogens with one attached hydrogen (secondary N) is 1. The van der Waals surface area contributed by atoms with Crippen LogP contribution in [0.3, 0.4) is 0 Å². The van der Waals surface area contributed by atoms with E-state index >= 15 is 0 Å². The summed E-state index contributed by atoms with van der Waals surface area (Å²) < 4.78 is 1.03. The number of aromatic nitrogens is 1. The Morgan fingerprint density at radius 1 is 1.50 bits per heavy atom. The minimum atomic E-state index is 0.522. The van der Waals surface area contributed by atoms with Crippen LogP contribution < -0.4 is 5.32 Å². The van der Waals surface area contributed by atoms with Crippen molar-refractivity contribution in [2.45, 2.75) is 33.2 Å². The van der Waals surface area contributed by atoms with Gasteiger partial charge in [0.25, 0.3) is 0 Å². The van der Waals surface area contributed by atoms with Crippen LogP contribution in [0.2, 0.25) is 0 Å². The summed E-state index contributed by atoms with van der Waals surface area (Å²) in [5.41, 5.74) is 1.13. The van der Waals surface area contributed by atoms with Crippen molar-refractivity contribution in [2.24, 2.45) is 5.92 Å². The SMILES string of the molecule is CCC(Nc1ccncc1Br)C(C)C. The average molecular weight is 257 g/mol. The lowest BCUT2D eigenvalue weighted by Gasteiger charge is -2.22. The van der Waals surface area contributed by atoms with Gasteiger partial charge in [-0.25, -0.2) is 0 Å². The summed E-state index contributed by atoms with van der Waals surface area (Å²) in [6.45, 7) is 6.67. The molecule has 0 saturated carbocycles. The lowest BCUT2D eigenvalue weighted by Crippen LogP contribution is -2.24. The molecule has 0 aliphatic heterocycles. The monoisotopic (exact) mass is 256 g/mol. The fourth-order valence-corrected chi connectivity index (χ4v) is 1.80. The van der Waals surface area contributed by atoms with E-state index in [1.165, 1.54) is 0 Å². The fourth-order valence-electron chi connectivity index (χ4n) is 1.43.